The van der Waals surface area contributed by atoms with Gasteiger partial charge in [0.05, 0.1) is 0 Å². The third-order valence-electron chi connectivity index (χ3n) is 9.52. The molecule has 0 saturated heterocycles. The van der Waals surface area contributed by atoms with Crippen molar-refractivity contribution in [1.29, 1.82) is 0 Å². The number of hydrogen-bond acceptors (Lipinski definition) is 0. The van der Waals surface area contributed by atoms with Crippen LogP contribution in [0.1, 0.15) is 80.1 Å². The fraction of sp³-hybridized carbons (Fsp3) is 1.00. The Kier molecular flexibility index (Phi) is 2.84. The molecule has 0 aromatic carbocycles. The molecule has 8 unspecified atom stereocenters. The van der Waals surface area contributed by atoms with Crippen LogP contribution in [0.2, 0.25) is 0 Å². The standard InChI is InChI=1S/C21H36/c1-13-9-16-10-20(6)17(11-19(4,5)18(16)20)12-21(15(13)3)8-7-14(21)2/h13-18H,7-12H2,1-6H3. The first-order valence-corrected chi connectivity index (χ1v) is 9.71. The van der Waals surface area contributed by atoms with Crippen LogP contribution in [0, 0.1) is 51.8 Å². The fourth-order valence-corrected chi connectivity index (χ4v) is 8.34. The summed E-state index contributed by atoms with van der Waals surface area (Å²) in [5.41, 5.74) is 2.01. The second kappa shape index (κ2) is 4.09. The maximum Gasteiger partial charge on any atom is -0.0241 e. The van der Waals surface area contributed by atoms with Crippen LogP contribution in [-0.2, 0) is 0 Å². The molecule has 4 fully saturated rings. The molecule has 4 saturated carbocycles. The Morgan fingerprint density at radius 2 is 1.62 bits per heavy atom. The lowest BCUT2D eigenvalue weighted by Crippen LogP contribution is -2.50. The number of hydrogen-bond donors (Lipinski definition) is 0. The van der Waals surface area contributed by atoms with Crippen LogP contribution in [0.3, 0.4) is 0 Å². The molecule has 0 N–H and O–H groups in total. The largest absolute Gasteiger partial charge is 0.0622 e. The minimum atomic E-state index is 0.608. The Labute approximate surface area is 132 Å². The molecule has 120 valence electrons. The van der Waals surface area contributed by atoms with E-state index in [1.54, 1.807) is 12.8 Å². The molecule has 0 radical (unpaired) electrons. The van der Waals surface area contributed by atoms with Gasteiger partial charge in [0.25, 0.3) is 0 Å². The molecule has 21 heavy (non-hydrogen) atoms. The van der Waals surface area contributed by atoms with E-state index in [4.69, 9.17) is 0 Å². The van der Waals surface area contributed by atoms with Gasteiger partial charge in [-0.3, -0.25) is 0 Å². The van der Waals surface area contributed by atoms with Crippen molar-refractivity contribution in [2.24, 2.45) is 51.8 Å². The highest BCUT2D eigenvalue weighted by Gasteiger charge is 2.67. The van der Waals surface area contributed by atoms with E-state index in [1.807, 2.05) is 0 Å². The second-order valence-corrected chi connectivity index (χ2v) is 10.7. The summed E-state index contributed by atoms with van der Waals surface area (Å²) in [5.74, 6) is 5.96. The lowest BCUT2D eigenvalue weighted by atomic mass is 9.47. The van der Waals surface area contributed by atoms with Crippen LogP contribution in [0.5, 0.6) is 0 Å². The highest BCUT2D eigenvalue weighted by molar-refractivity contribution is 5.16. The average Bonchev–Trinajstić information content (AvgIpc) is 2.55. The van der Waals surface area contributed by atoms with Crippen LogP contribution in [0.4, 0.5) is 0 Å². The zero-order valence-electron chi connectivity index (χ0n) is 15.2. The summed E-state index contributed by atoms with van der Waals surface area (Å²) in [6.45, 7) is 15.6. The molecule has 8 atom stereocenters. The third-order valence-corrected chi connectivity index (χ3v) is 9.52. The lowest BCUT2D eigenvalue weighted by molar-refractivity contribution is -0.0844. The summed E-state index contributed by atoms with van der Waals surface area (Å²) in [5, 5.41) is 0. The Morgan fingerprint density at radius 1 is 0.905 bits per heavy atom. The highest BCUT2D eigenvalue weighted by Crippen LogP contribution is 2.75. The van der Waals surface area contributed by atoms with Crippen molar-refractivity contribution < 1.29 is 0 Å². The van der Waals surface area contributed by atoms with Gasteiger partial charge in [-0.25, -0.2) is 0 Å². The van der Waals surface area contributed by atoms with E-state index in [0.29, 0.717) is 16.2 Å². The Hall–Kier alpha value is 0. The predicted molar refractivity (Wildman–Crippen MR) is 90.0 cm³/mol. The van der Waals surface area contributed by atoms with Crippen LogP contribution in [-0.4, -0.2) is 0 Å². The second-order valence-electron chi connectivity index (χ2n) is 10.7. The van der Waals surface area contributed by atoms with Crippen molar-refractivity contribution in [3.63, 3.8) is 0 Å². The van der Waals surface area contributed by atoms with E-state index in [-0.39, 0.29) is 0 Å². The molecule has 2 bridgehead atoms. The van der Waals surface area contributed by atoms with Crippen LogP contribution in [0.25, 0.3) is 0 Å². The zero-order valence-corrected chi connectivity index (χ0v) is 15.2. The first-order valence-electron chi connectivity index (χ1n) is 9.71. The molecular formula is C21H36. The first kappa shape index (κ1) is 14.6. The summed E-state index contributed by atoms with van der Waals surface area (Å²) in [6, 6.07) is 0. The monoisotopic (exact) mass is 288 g/mol. The highest BCUT2D eigenvalue weighted by atomic mass is 14.7. The van der Waals surface area contributed by atoms with E-state index in [9.17, 15) is 0 Å². The quantitative estimate of drug-likeness (QED) is 0.501. The SMILES string of the molecule is CC1CC2CC3(C)C(CC(C)(C)C23)CC2(CCC2C)C1C. The lowest BCUT2D eigenvalue weighted by Gasteiger charge is -2.57. The smallest absolute Gasteiger partial charge is 0.0241 e. The van der Waals surface area contributed by atoms with Gasteiger partial charge in [0.1, 0.15) is 0 Å². The van der Waals surface area contributed by atoms with Crippen molar-refractivity contribution >= 4 is 0 Å². The maximum absolute atomic E-state index is 2.67. The zero-order chi connectivity index (χ0) is 15.2. The van der Waals surface area contributed by atoms with E-state index in [1.165, 1.54) is 25.7 Å². The number of fused-ring (bicyclic) bond motifs is 2. The van der Waals surface area contributed by atoms with Crippen LogP contribution < -0.4 is 0 Å². The van der Waals surface area contributed by atoms with Gasteiger partial charge in [0.15, 0.2) is 0 Å². The van der Waals surface area contributed by atoms with Gasteiger partial charge in [-0.2, -0.15) is 0 Å². The third kappa shape index (κ3) is 1.63. The molecule has 1 spiro atoms. The summed E-state index contributed by atoms with van der Waals surface area (Å²) in [7, 11) is 0. The fourth-order valence-electron chi connectivity index (χ4n) is 8.34. The minimum absolute atomic E-state index is 0.608. The molecule has 0 aliphatic heterocycles. The molecule has 0 heterocycles. The van der Waals surface area contributed by atoms with Crippen molar-refractivity contribution in [1.82, 2.24) is 0 Å². The molecule has 0 amide bonds. The van der Waals surface area contributed by atoms with Gasteiger partial charge in [-0.1, -0.05) is 41.5 Å². The molecule has 0 aromatic heterocycles. The van der Waals surface area contributed by atoms with Gasteiger partial charge in [0.2, 0.25) is 0 Å². The molecule has 0 nitrogen and oxygen atoms in total. The van der Waals surface area contributed by atoms with E-state index in [2.05, 4.69) is 41.5 Å². The molecule has 0 aromatic rings. The van der Waals surface area contributed by atoms with Crippen LogP contribution >= 0.6 is 0 Å². The van der Waals surface area contributed by atoms with Gasteiger partial charge < -0.3 is 0 Å². The Morgan fingerprint density at radius 3 is 2.19 bits per heavy atom. The van der Waals surface area contributed by atoms with Crippen molar-refractivity contribution in [2.75, 3.05) is 0 Å². The van der Waals surface area contributed by atoms with Crippen molar-refractivity contribution in [3.05, 3.63) is 0 Å². The first-order chi connectivity index (χ1) is 9.71. The topological polar surface area (TPSA) is 0 Å². The Bertz CT molecular complexity index is 449. The van der Waals surface area contributed by atoms with E-state index < -0.39 is 0 Å². The summed E-state index contributed by atoms with van der Waals surface area (Å²) >= 11 is 0. The van der Waals surface area contributed by atoms with Gasteiger partial charge in [0, 0.05) is 0 Å². The number of rotatable bonds is 0. The molecule has 4 aliphatic carbocycles. The van der Waals surface area contributed by atoms with E-state index in [0.717, 1.165) is 35.5 Å². The van der Waals surface area contributed by atoms with Crippen molar-refractivity contribution in [2.45, 2.75) is 80.1 Å². The summed E-state index contributed by atoms with van der Waals surface area (Å²) in [6.07, 6.45) is 9.17. The van der Waals surface area contributed by atoms with Crippen molar-refractivity contribution in [3.8, 4) is 0 Å². The molecule has 4 rings (SSSR count). The van der Waals surface area contributed by atoms with Gasteiger partial charge in [-0.05, 0) is 90.3 Å². The summed E-state index contributed by atoms with van der Waals surface area (Å²) < 4.78 is 0. The van der Waals surface area contributed by atoms with Crippen LogP contribution in [0.15, 0.2) is 0 Å². The average molecular weight is 289 g/mol. The maximum atomic E-state index is 2.67. The van der Waals surface area contributed by atoms with E-state index >= 15 is 0 Å². The van der Waals surface area contributed by atoms with Gasteiger partial charge in [-0.15, -0.1) is 0 Å². The summed E-state index contributed by atoms with van der Waals surface area (Å²) in [4.78, 5) is 0. The molecular weight excluding hydrogens is 252 g/mol. The predicted octanol–water partition coefficient (Wildman–Crippen LogP) is 6.16. The Balaban J connectivity index is 1.75. The normalized spacial score (nSPS) is 61.4. The molecule has 0 heteroatoms. The minimum Gasteiger partial charge on any atom is -0.0622 e. The molecule has 4 aliphatic rings. The van der Waals surface area contributed by atoms with Gasteiger partial charge >= 0.3 is 0 Å².